The molecule has 1 radical (unpaired) electrons. The van der Waals surface area contributed by atoms with E-state index in [-0.39, 0.29) is 32.2 Å². The smallest absolute Gasteiger partial charge is 0 e. The fourth-order valence-electron chi connectivity index (χ4n) is 7.65. The van der Waals surface area contributed by atoms with Crippen LogP contribution in [0.4, 0.5) is 42.7 Å². The molecule has 4 saturated heterocycles. The van der Waals surface area contributed by atoms with Crippen LogP contribution in [0.2, 0.25) is 0 Å². The van der Waals surface area contributed by atoms with Crippen molar-refractivity contribution >= 4 is 7.81 Å². The number of nitrogens with zero attached hydrogens (tertiary/aromatic N) is 4. The maximum atomic E-state index is 13.4. The summed E-state index contributed by atoms with van der Waals surface area (Å²) in [5, 5.41) is 18.6. The van der Waals surface area contributed by atoms with Gasteiger partial charge in [-0.1, -0.05) is 119 Å². The Morgan fingerprint density at radius 1 is 0.586 bits per heavy atom. The standard InChI is InChI=1S/C18H34N2.2C12H13F2N.F6P.Ir/c1-17(2,3)13-7-9-19-15(11-13)16-12-14(8-10-20-16)18(4,5)6;2*1-8-2-5-12(15-7-8)10-4-3-9(13)6-11(10)14;1-7(2,3,4,5)6;/h13-16H,7-12H2,1-6H3;2*3,6,8,12H,2,5,7H2,1H3;;/q3*-2;-1;. The first-order valence-electron chi connectivity index (χ1n) is 19.9. The van der Waals surface area contributed by atoms with Crippen molar-refractivity contribution in [1.82, 2.24) is 0 Å². The summed E-state index contributed by atoms with van der Waals surface area (Å²) in [6.45, 7) is 22.2. The molecule has 0 bridgehead atoms. The third-order valence-electron chi connectivity index (χ3n) is 11.2. The zero-order valence-corrected chi connectivity index (χ0v) is 38.1. The maximum Gasteiger partial charge on any atom is 0 e. The number of rotatable bonds is 3. The molecule has 4 nitrogen and oxygen atoms in total. The number of hydrogen-bond donors (Lipinski definition) is 0. The van der Waals surface area contributed by atoms with E-state index in [1.807, 2.05) is 0 Å². The largest absolute Gasteiger partial charge is 0 e. The first kappa shape index (κ1) is 52.6. The summed E-state index contributed by atoms with van der Waals surface area (Å²) >= 11 is 0. The fourth-order valence-corrected chi connectivity index (χ4v) is 7.65. The molecule has 6 aliphatic rings. The molecule has 0 aromatic carbocycles. The fraction of sp³-hybridized carbons (Fsp3) is 0.714. The van der Waals surface area contributed by atoms with Crippen molar-refractivity contribution in [3.8, 4) is 0 Å². The Labute approximate surface area is 353 Å². The van der Waals surface area contributed by atoms with Gasteiger partial charge in [-0.05, 0) is 22.7 Å². The van der Waals surface area contributed by atoms with Crippen molar-refractivity contribution in [2.24, 2.45) is 34.5 Å². The third kappa shape index (κ3) is 19.9. The summed E-state index contributed by atoms with van der Waals surface area (Å²) in [5.41, 5.74) is 6.95. The molecule has 0 N–H and O–H groups in total. The maximum absolute atomic E-state index is 13.4. The van der Waals surface area contributed by atoms with Crippen LogP contribution >= 0.6 is 7.81 Å². The van der Waals surface area contributed by atoms with E-state index >= 15 is 0 Å². The Kier molecular flexibility index (Phi) is 18.7. The van der Waals surface area contributed by atoms with Gasteiger partial charge in [-0.3, -0.25) is 29.0 Å². The van der Waals surface area contributed by atoms with Crippen molar-refractivity contribution in [2.75, 3.05) is 26.2 Å². The van der Waals surface area contributed by atoms with Crippen LogP contribution in [-0.4, -0.2) is 50.3 Å². The van der Waals surface area contributed by atoms with Gasteiger partial charge in [0.1, 0.15) is 0 Å². The van der Waals surface area contributed by atoms with E-state index in [1.54, 1.807) is 0 Å². The second-order valence-corrected chi connectivity index (χ2v) is 20.3. The van der Waals surface area contributed by atoms with E-state index < -0.39 is 31.8 Å². The molecule has 6 rings (SSSR count). The Balaban J connectivity index is 0.000000278. The van der Waals surface area contributed by atoms with E-state index in [4.69, 9.17) is 10.6 Å². The topological polar surface area (TPSA) is 56.4 Å². The molecule has 0 saturated carbocycles. The Hall–Kier alpha value is -1.52. The Morgan fingerprint density at radius 3 is 1.17 bits per heavy atom. The van der Waals surface area contributed by atoms with Crippen LogP contribution in [0.1, 0.15) is 107 Å². The van der Waals surface area contributed by atoms with Crippen molar-refractivity contribution in [3.05, 3.63) is 92.2 Å². The van der Waals surface area contributed by atoms with Crippen molar-refractivity contribution in [3.63, 3.8) is 0 Å². The van der Waals surface area contributed by atoms with Crippen LogP contribution in [0.25, 0.3) is 21.3 Å². The summed E-state index contributed by atoms with van der Waals surface area (Å²) in [6, 6.07) is 0.722. The minimum absolute atomic E-state index is 0. The molecule has 0 amide bonds. The van der Waals surface area contributed by atoms with Gasteiger partial charge in [0.2, 0.25) is 0 Å². The summed E-state index contributed by atoms with van der Waals surface area (Å²) in [4.78, 5) is 0. The van der Waals surface area contributed by atoms with Gasteiger partial charge in [-0.2, -0.15) is 12.1 Å². The van der Waals surface area contributed by atoms with Crippen LogP contribution in [0.15, 0.2) is 58.6 Å². The van der Waals surface area contributed by atoms with Crippen LogP contribution in [0.3, 0.4) is 0 Å². The molecule has 4 aliphatic heterocycles. The number of piperidine rings is 4. The van der Waals surface area contributed by atoms with E-state index in [9.17, 15) is 42.7 Å². The molecule has 58 heavy (non-hydrogen) atoms. The number of allylic oxidation sites excluding steroid dienone is 4. The van der Waals surface area contributed by atoms with E-state index in [2.05, 4.69) is 77.5 Å². The van der Waals surface area contributed by atoms with Gasteiger partial charge in [0.25, 0.3) is 0 Å². The number of halogens is 10. The SMILES string of the molecule is CC(C)(C)C1CC[N-]C(C2CC(C(C)(C)C)CC[N-]2)C1.CC1CCC(C2=C=CC(F)=C[C-]2F)[N-]C1.CC1CCC(C2=C=CC(F)=C[C-]2F)[N-]C1.F[P-](F)(F)(F)(F)F.[Ir]. The van der Waals surface area contributed by atoms with E-state index in [0.717, 1.165) is 75.9 Å². The van der Waals surface area contributed by atoms with Crippen molar-refractivity contribution < 1.29 is 62.8 Å². The van der Waals surface area contributed by atoms with Gasteiger partial charge < -0.3 is 21.3 Å². The van der Waals surface area contributed by atoms with Gasteiger partial charge in [0, 0.05) is 44.1 Å². The predicted molar refractivity (Wildman–Crippen MR) is 213 cm³/mol. The van der Waals surface area contributed by atoms with Crippen molar-refractivity contribution in [1.29, 1.82) is 0 Å². The molecule has 4 fully saturated rings. The molecular weight excluding hydrogens is 974 g/mol. The van der Waals surface area contributed by atoms with Gasteiger partial charge in [-0.15, -0.1) is 73.7 Å². The van der Waals surface area contributed by atoms with Crippen LogP contribution in [-0.2, 0) is 20.1 Å². The van der Waals surface area contributed by atoms with Gasteiger partial charge in [0.15, 0.2) is 0 Å². The van der Waals surface area contributed by atoms with Crippen molar-refractivity contribution in [2.45, 2.75) is 131 Å². The summed E-state index contributed by atoms with van der Waals surface area (Å²) < 4.78 is 111. The average molecular weight is 1030 g/mol. The Morgan fingerprint density at radius 2 is 0.914 bits per heavy atom. The molecule has 0 aromatic heterocycles. The second-order valence-electron chi connectivity index (χ2n) is 18.4. The quantitative estimate of drug-likeness (QED) is 0.117. The zero-order valence-electron chi connectivity index (χ0n) is 34.8. The monoisotopic (exact) mass is 1030 g/mol. The number of hydrogen-bond acceptors (Lipinski definition) is 0. The first-order valence-corrected chi connectivity index (χ1v) is 21.9. The summed E-state index contributed by atoms with van der Waals surface area (Å²) in [6.07, 6.45) is 11.9. The van der Waals surface area contributed by atoms with E-state index in [0.29, 0.717) is 45.9 Å². The average Bonchev–Trinajstić information content (AvgIpc) is 3.08. The summed E-state index contributed by atoms with van der Waals surface area (Å²) in [7, 11) is -10.7. The Bertz CT molecular complexity index is 1410. The van der Waals surface area contributed by atoms with Gasteiger partial charge in [-0.25, -0.2) is 0 Å². The molecule has 339 valence electrons. The predicted octanol–water partition coefficient (Wildman–Crippen LogP) is 16.0. The minimum atomic E-state index is -10.7. The van der Waals surface area contributed by atoms with Crippen LogP contribution in [0, 0.1) is 46.8 Å². The molecule has 8 atom stereocenters. The third-order valence-corrected chi connectivity index (χ3v) is 11.2. The molecule has 2 aliphatic carbocycles. The van der Waals surface area contributed by atoms with Gasteiger partial charge in [0.05, 0.1) is 0 Å². The minimum Gasteiger partial charge on any atom is 0 e. The molecule has 8 unspecified atom stereocenters. The van der Waals surface area contributed by atoms with Gasteiger partial charge >= 0.3 is 33.0 Å². The normalized spacial score (nSPS) is 31.7. The molecule has 16 heteroatoms. The molecular formula is C42H60F10IrN4P-7. The van der Waals surface area contributed by atoms with Crippen LogP contribution in [0.5, 0.6) is 0 Å². The van der Waals surface area contributed by atoms with Crippen LogP contribution < -0.4 is 0 Å². The second kappa shape index (κ2) is 20.6. The molecule has 0 spiro atoms. The zero-order chi connectivity index (χ0) is 43.0. The first-order chi connectivity index (χ1) is 26.0. The molecule has 4 heterocycles. The molecule has 0 aromatic rings. The summed E-state index contributed by atoms with van der Waals surface area (Å²) in [5.74, 6) is 1.61. The van der Waals surface area contributed by atoms with E-state index in [1.165, 1.54) is 37.8 Å².